The molecule has 1 saturated heterocycles. The Bertz CT molecular complexity index is 937. The average molecular weight is 397 g/mol. The van der Waals surface area contributed by atoms with E-state index in [1.165, 1.54) is 16.0 Å². The number of furan rings is 1. The Morgan fingerprint density at radius 3 is 2.79 bits per heavy atom. The molecular weight excluding hydrogens is 368 g/mol. The van der Waals surface area contributed by atoms with Crippen molar-refractivity contribution in [2.24, 2.45) is 5.92 Å². The van der Waals surface area contributed by atoms with Crippen LogP contribution in [-0.4, -0.2) is 30.4 Å². The highest BCUT2D eigenvalue weighted by Gasteiger charge is 2.20. The van der Waals surface area contributed by atoms with Crippen LogP contribution in [0.2, 0.25) is 0 Å². The van der Waals surface area contributed by atoms with E-state index in [4.69, 9.17) is 4.42 Å². The van der Waals surface area contributed by atoms with E-state index in [9.17, 15) is 4.79 Å². The van der Waals surface area contributed by atoms with Gasteiger partial charge in [-0.3, -0.25) is 9.69 Å². The Hall–Kier alpha value is -2.11. The van der Waals surface area contributed by atoms with Crippen LogP contribution in [0.4, 0.5) is 0 Å². The number of amides is 1. The van der Waals surface area contributed by atoms with E-state index >= 15 is 0 Å². The van der Waals surface area contributed by atoms with Gasteiger partial charge in [-0.15, -0.1) is 11.3 Å². The maximum Gasteiger partial charge on any atom is 0.224 e. The summed E-state index contributed by atoms with van der Waals surface area (Å²) in [6.07, 6.45) is 4.41. The van der Waals surface area contributed by atoms with E-state index in [0.29, 0.717) is 12.3 Å². The molecule has 1 N–H and O–H groups in total. The maximum atomic E-state index is 12.5. The molecule has 1 fully saturated rings. The van der Waals surface area contributed by atoms with Crippen LogP contribution in [0, 0.1) is 19.8 Å². The van der Waals surface area contributed by atoms with Gasteiger partial charge < -0.3 is 9.73 Å². The third-order valence-corrected chi connectivity index (χ3v) is 6.74. The van der Waals surface area contributed by atoms with Crippen molar-refractivity contribution in [1.29, 1.82) is 0 Å². The molecule has 0 unspecified atom stereocenters. The zero-order valence-electron chi connectivity index (χ0n) is 16.7. The third-order valence-electron chi connectivity index (χ3n) is 5.88. The number of piperidine rings is 1. The molecule has 0 aliphatic carbocycles. The van der Waals surface area contributed by atoms with Gasteiger partial charge in [-0.1, -0.05) is 6.07 Å². The van der Waals surface area contributed by atoms with E-state index in [1.807, 2.05) is 11.3 Å². The van der Waals surface area contributed by atoms with Gasteiger partial charge in [0.25, 0.3) is 0 Å². The molecule has 0 spiro atoms. The number of benzene rings is 1. The summed E-state index contributed by atoms with van der Waals surface area (Å²) in [5.74, 6) is 0.663. The van der Waals surface area contributed by atoms with Gasteiger partial charge in [0, 0.05) is 28.9 Å². The molecule has 4 nitrogen and oxygen atoms in total. The van der Waals surface area contributed by atoms with Crippen LogP contribution in [-0.2, 0) is 17.8 Å². The molecule has 1 aliphatic rings. The largest absolute Gasteiger partial charge is 0.464 e. The van der Waals surface area contributed by atoms with E-state index < -0.39 is 0 Å². The zero-order chi connectivity index (χ0) is 19.5. The highest BCUT2D eigenvalue weighted by Crippen LogP contribution is 2.25. The second-order valence-electron chi connectivity index (χ2n) is 7.97. The number of nitrogens with zero attached hydrogens (tertiary/aromatic N) is 1. The van der Waals surface area contributed by atoms with E-state index in [1.54, 1.807) is 6.26 Å². The monoisotopic (exact) mass is 396 g/mol. The van der Waals surface area contributed by atoms with Crippen LogP contribution in [0.1, 0.15) is 34.4 Å². The Kier molecular flexibility index (Phi) is 5.83. The summed E-state index contributed by atoms with van der Waals surface area (Å²) >= 11 is 1.83. The predicted molar refractivity (Wildman–Crippen MR) is 115 cm³/mol. The topological polar surface area (TPSA) is 45.5 Å². The van der Waals surface area contributed by atoms with Crippen molar-refractivity contribution in [2.45, 2.75) is 39.7 Å². The lowest BCUT2D eigenvalue weighted by molar-refractivity contribution is -0.120. The molecule has 4 rings (SSSR count). The normalized spacial score (nSPS) is 15.9. The quantitative estimate of drug-likeness (QED) is 0.658. The van der Waals surface area contributed by atoms with E-state index in [0.717, 1.165) is 55.6 Å². The summed E-state index contributed by atoms with van der Waals surface area (Å²) in [4.78, 5) is 16.4. The number of rotatable bonds is 6. The first-order chi connectivity index (χ1) is 13.6. The van der Waals surface area contributed by atoms with E-state index in [-0.39, 0.29) is 5.91 Å². The maximum absolute atomic E-state index is 12.5. The number of hydrogen-bond acceptors (Lipinski definition) is 4. The third kappa shape index (κ3) is 4.47. The van der Waals surface area contributed by atoms with Gasteiger partial charge in [-0.2, -0.15) is 0 Å². The van der Waals surface area contributed by atoms with Gasteiger partial charge in [-0.05, 0) is 80.4 Å². The van der Waals surface area contributed by atoms with Crippen LogP contribution in [0.3, 0.4) is 0 Å². The first-order valence-corrected chi connectivity index (χ1v) is 10.9. The number of nitrogens with one attached hydrogen (secondary N) is 1. The van der Waals surface area contributed by atoms with Crippen LogP contribution >= 0.6 is 11.3 Å². The zero-order valence-corrected chi connectivity index (χ0v) is 17.5. The minimum Gasteiger partial charge on any atom is -0.464 e. The van der Waals surface area contributed by atoms with Crippen molar-refractivity contribution in [3.63, 3.8) is 0 Å². The predicted octanol–water partition coefficient (Wildman–Crippen LogP) is 4.68. The minimum atomic E-state index is 0.0851. The molecule has 1 aliphatic heterocycles. The number of thiophene rings is 1. The molecule has 1 aromatic carbocycles. The number of carbonyl (C=O) groups excluding carboxylic acids is 1. The fourth-order valence-electron chi connectivity index (χ4n) is 3.94. The molecule has 0 bridgehead atoms. The van der Waals surface area contributed by atoms with Gasteiger partial charge in [0.15, 0.2) is 0 Å². The number of aryl methyl sites for hydroxylation is 2. The van der Waals surface area contributed by atoms with Crippen LogP contribution in [0.5, 0.6) is 0 Å². The SMILES string of the molecule is Cc1cc2occ(CC(=O)NCC3CCN(Cc4cccs4)CC3)c2cc1C. The first kappa shape index (κ1) is 19.2. The lowest BCUT2D eigenvalue weighted by atomic mass is 9.96. The summed E-state index contributed by atoms with van der Waals surface area (Å²) in [7, 11) is 0. The number of fused-ring (bicyclic) bond motifs is 1. The molecule has 2 aromatic heterocycles. The summed E-state index contributed by atoms with van der Waals surface area (Å²) in [5.41, 5.74) is 4.28. The fraction of sp³-hybridized carbons (Fsp3) is 0.435. The molecule has 0 atom stereocenters. The highest BCUT2D eigenvalue weighted by atomic mass is 32.1. The van der Waals surface area contributed by atoms with Crippen molar-refractivity contribution in [3.8, 4) is 0 Å². The second-order valence-corrected chi connectivity index (χ2v) is 9.01. The summed E-state index contributed by atoms with van der Waals surface area (Å²) in [6, 6.07) is 8.50. The van der Waals surface area contributed by atoms with E-state index in [2.05, 4.69) is 53.7 Å². The molecule has 148 valence electrons. The first-order valence-electron chi connectivity index (χ1n) is 10.1. The number of carbonyl (C=O) groups is 1. The standard InChI is InChI=1S/C23H28N2O2S/c1-16-10-21-19(15-27-22(21)11-17(16)2)12-23(26)24-13-18-5-7-25(8-6-18)14-20-4-3-9-28-20/h3-4,9-11,15,18H,5-8,12-14H2,1-2H3,(H,24,26). The molecule has 3 aromatic rings. The molecule has 28 heavy (non-hydrogen) atoms. The summed E-state index contributed by atoms with van der Waals surface area (Å²) in [5, 5.41) is 6.34. The Morgan fingerprint density at radius 2 is 2.04 bits per heavy atom. The summed E-state index contributed by atoms with van der Waals surface area (Å²) < 4.78 is 5.65. The van der Waals surface area contributed by atoms with Crippen molar-refractivity contribution in [1.82, 2.24) is 10.2 Å². The summed E-state index contributed by atoms with van der Waals surface area (Å²) in [6.45, 7) is 8.24. The average Bonchev–Trinajstić information content (AvgIpc) is 3.32. The highest BCUT2D eigenvalue weighted by molar-refractivity contribution is 7.09. The van der Waals surface area contributed by atoms with Crippen molar-refractivity contribution < 1.29 is 9.21 Å². The van der Waals surface area contributed by atoms with Crippen molar-refractivity contribution >= 4 is 28.2 Å². The number of likely N-dealkylation sites (tertiary alicyclic amines) is 1. The van der Waals surface area contributed by atoms with Gasteiger partial charge in [0.05, 0.1) is 12.7 Å². The molecule has 1 amide bonds. The number of hydrogen-bond donors (Lipinski definition) is 1. The van der Waals surface area contributed by atoms with Gasteiger partial charge in [-0.25, -0.2) is 0 Å². The molecule has 0 saturated carbocycles. The smallest absolute Gasteiger partial charge is 0.224 e. The Balaban J connectivity index is 1.25. The minimum absolute atomic E-state index is 0.0851. The lowest BCUT2D eigenvalue weighted by Gasteiger charge is -2.31. The van der Waals surface area contributed by atoms with Gasteiger partial charge >= 0.3 is 0 Å². The molecule has 5 heteroatoms. The molecule has 3 heterocycles. The Morgan fingerprint density at radius 1 is 1.25 bits per heavy atom. The van der Waals surface area contributed by atoms with Gasteiger partial charge in [0.1, 0.15) is 5.58 Å². The lowest BCUT2D eigenvalue weighted by Crippen LogP contribution is -2.38. The Labute approximate surface area is 170 Å². The van der Waals surface area contributed by atoms with Crippen LogP contribution < -0.4 is 5.32 Å². The van der Waals surface area contributed by atoms with Crippen LogP contribution in [0.15, 0.2) is 40.3 Å². The molecule has 0 radical (unpaired) electrons. The van der Waals surface area contributed by atoms with Crippen LogP contribution in [0.25, 0.3) is 11.0 Å². The molecular formula is C23H28N2O2S. The van der Waals surface area contributed by atoms with Gasteiger partial charge in [0.2, 0.25) is 5.91 Å². The van der Waals surface area contributed by atoms with Crippen molar-refractivity contribution in [3.05, 3.63) is 57.5 Å². The van der Waals surface area contributed by atoms with Crippen molar-refractivity contribution in [2.75, 3.05) is 19.6 Å². The fourth-order valence-corrected chi connectivity index (χ4v) is 4.68. The second kappa shape index (κ2) is 8.50.